The van der Waals surface area contributed by atoms with Gasteiger partial charge < -0.3 is 5.32 Å². The molecule has 0 fully saturated rings. The van der Waals surface area contributed by atoms with E-state index in [0.29, 0.717) is 5.92 Å². The maximum absolute atomic E-state index is 6.26. The van der Waals surface area contributed by atoms with E-state index in [9.17, 15) is 0 Å². The molecule has 0 aliphatic heterocycles. The molecule has 1 unspecified atom stereocenters. The number of nitrogens with one attached hydrogen (secondary N) is 1. The zero-order valence-electron chi connectivity index (χ0n) is 12.4. The van der Waals surface area contributed by atoms with Crippen LogP contribution in [0.3, 0.4) is 0 Å². The molecule has 0 amide bonds. The first kappa shape index (κ1) is 16.8. The SMILES string of the molecule is CCC(C)(CNCC(C)C)Cc1cc(Cl)ccc1Cl. The average molecular weight is 302 g/mol. The first-order valence-electron chi connectivity index (χ1n) is 7.01. The Kier molecular flexibility index (Phi) is 6.65. The van der Waals surface area contributed by atoms with E-state index in [-0.39, 0.29) is 5.41 Å². The summed E-state index contributed by atoms with van der Waals surface area (Å²) in [4.78, 5) is 0. The van der Waals surface area contributed by atoms with E-state index in [1.54, 1.807) is 0 Å². The molecule has 0 aliphatic carbocycles. The van der Waals surface area contributed by atoms with Gasteiger partial charge in [0, 0.05) is 16.6 Å². The Bertz CT molecular complexity index is 404. The molecule has 1 rings (SSSR count). The third-order valence-corrected chi connectivity index (χ3v) is 4.19. The molecule has 0 spiro atoms. The molecule has 0 aromatic heterocycles. The lowest BCUT2D eigenvalue weighted by Crippen LogP contribution is -2.35. The summed E-state index contributed by atoms with van der Waals surface area (Å²) in [5, 5.41) is 5.12. The fourth-order valence-corrected chi connectivity index (χ4v) is 2.49. The Morgan fingerprint density at radius 1 is 1.26 bits per heavy atom. The average Bonchev–Trinajstić information content (AvgIpc) is 2.33. The first-order chi connectivity index (χ1) is 8.86. The van der Waals surface area contributed by atoms with Gasteiger partial charge >= 0.3 is 0 Å². The molecule has 1 aromatic carbocycles. The maximum Gasteiger partial charge on any atom is 0.0439 e. The van der Waals surface area contributed by atoms with Crippen LogP contribution in [-0.2, 0) is 6.42 Å². The number of halogens is 2. The van der Waals surface area contributed by atoms with E-state index in [0.717, 1.165) is 41.5 Å². The highest BCUT2D eigenvalue weighted by atomic mass is 35.5. The molecule has 1 atom stereocenters. The van der Waals surface area contributed by atoms with Crippen molar-refractivity contribution in [3.05, 3.63) is 33.8 Å². The smallest absolute Gasteiger partial charge is 0.0439 e. The molecular weight excluding hydrogens is 277 g/mol. The van der Waals surface area contributed by atoms with Gasteiger partial charge in [0.2, 0.25) is 0 Å². The maximum atomic E-state index is 6.26. The molecule has 0 heterocycles. The van der Waals surface area contributed by atoms with E-state index in [2.05, 4.69) is 33.0 Å². The highest BCUT2D eigenvalue weighted by molar-refractivity contribution is 6.33. The molecule has 0 bridgehead atoms. The van der Waals surface area contributed by atoms with Gasteiger partial charge in [-0.1, -0.05) is 50.9 Å². The number of hydrogen-bond acceptors (Lipinski definition) is 1. The second kappa shape index (κ2) is 7.52. The van der Waals surface area contributed by atoms with Crippen LogP contribution in [0, 0.1) is 11.3 Å². The van der Waals surface area contributed by atoms with Crippen LogP contribution in [0.4, 0.5) is 0 Å². The molecule has 3 heteroatoms. The summed E-state index contributed by atoms with van der Waals surface area (Å²) in [6.45, 7) is 11.0. The van der Waals surface area contributed by atoms with Crippen molar-refractivity contribution in [2.24, 2.45) is 11.3 Å². The van der Waals surface area contributed by atoms with Crippen molar-refractivity contribution in [3.63, 3.8) is 0 Å². The normalized spacial score (nSPS) is 14.7. The summed E-state index contributed by atoms with van der Waals surface area (Å²) < 4.78 is 0. The van der Waals surface area contributed by atoms with Crippen LogP contribution in [0.25, 0.3) is 0 Å². The molecule has 1 nitrogen and oxygen atoms in total. The van der Waals surface area contributed by atoms with Crippen molar-refractivity contribution in [2.75, 3.05) is 13.1 Å². The molecule has 1 aromatic rings. The predicted octanol–water partition coefficient (Wildman–Crippen LogP) is 5.20. The van der Waals surface area contributed by atoms with E-state index < -0.39 is 0 Å². The fraction of sp³-hybridized carbons (Fsp3) is 0.625. The van der Waals surface area contributed by atoms with Crippen LogP contribution in [0.2, 0.25) is 10.0 Å². The number of hydrogen-bond donors (Lipinski definition) is 1. The van der Waals surface area contributed by atoms with Crippen molar-refractivity contribution < 1.29 is 0 Å². The van der Waals surface area contributed by atoms with Crippen molar-refractivity contribution in [3.8, 4) is 0 Å². The van der Waals surface area contributed by atoms with Crippen molar-refractivity contribution in [1.29, 1.82) is 0 Å². The Morgan fingerprint density at radius 2 is 1.95 bits per heavy atom. The van der Waals surface area contributed by atoms with Crippen LogP contribution < -0.4 is 5.32 Å². The molecule has 0 radical (unpaired) electrons. The second-order valence-electron chi connectivity index (χ2n) is 6.10. The van der Waals surface area contributed by atoms with Crippen LogP contribution >= 0.6 is 23.2 Å². The summed E-state index contributed by atoms with van der Waals surface area (Å²) in [6, 6.07) is 5.71. The van der Waals surface area contributed by atoms with Crippen molar-refractivity contribution >= 4 is 23.2 Å². The lowest BCUT2D eigenvalue weighted by molar-refractivity contribution is 0.285. The molecular formula is C16H25Cl2N. The van der Waals surface area contributed by atoms with Gasteiger partial charge in [0.05, 0.1) is 0 Å². The van der Waals surface area contributed by atoms with Gasteiger partial charge in [-0.2, -0.15) is 0 Å². The molecule has 19 heavy (non-hydrogen) atoms. The van der Waals surface area contributed by atoms with Gasteiger partial charge in [0.15, 0.2) is 0 Å². The molecule has 0 aliphatic rings. The van der Waals surface area contributed by atoms with E-state index in [1.165, 1.54) is 0 Å². The lowest BCUT2D eigenvalue weighted by atomic mass is 9.81. The molecule has 0 saturated carbocycles. The highest BCUT2D eigenvalue weighted by Gasteiger charge is 2.23. The monoisotopic (exact) mass is 301 g/mol. The van der Waals surface area contributed by atoms with Crippen LogP contribution in [-0.4, -0.2) is 13.1 Å². The summed E-state index contributed by atoms with van der Waals surface area (Å²) in [5.41, 5.74) is 1.35. The van der Waals surface area contributed by atoms with Gasteiger partial charge in [-0.25, -0.2) is 0 Å². The summed E-state index contributed by atoms with van der Waals surface area (Å²) in [5.74, 6) is 0.677. The summed E-state index contributed by atoms with van der Waals surface area (Å²) in [7, 11) is 0. The second-order valence-corrected chi connectivity index (χ2v) is 6.95. The van der Waals surface area contributed by atoms with Crippen molar-refractivity contribution in [1.82, 2.24) is 5.32 Å². The van der Waals surface area contributed by atoms with Gasteiger partial charge in [-0.05, 0) is 54.5 Å². The van der Waals surface area contributed by atoms with E-state index in [4.69, 9.17) is 23.2 Å². The number of benzene rings is 1. The Balaban J connectivity index is 2.71. The van der Waals surface area contributed by atoms with Gasteiger partial charge in [-0.15, -0.1) is 0 Å². The van der Waals surface area contributed by atoms with Crippen LogP contribution in [0.5, 0.6) is 0 Å². The third-order valence-electron chi connectivity index (χ3n) is 3.58. The zero-order valence-corrected chi connectivity index (χ0v) is 13.9. The Morgan fingerprint density at radius 3 is 2.53 bits per heavy atom. The quantitative estimate of drug-likeness (QED) is 0.730. The van der Waals surface area contributed by atoms with Crippen LogP contribution in [0.1, 0.15) is 39.7 Å². The molecule has 0 saturated heterocycles. The predicted molar refractivity (Wildman–Crippen MR) is 86.3 cm³/mol. The van der Waals surface area contributed by atoms with Crippen molar-refractivity contribution in [2.45, 2.75) is 40.5 Å². The first-order valence-corrected chi connectivity index (χ1v) is 7.76. The minimum absolute atomic E-state index is 0.212. The van der Waals surface area contributed by atoms with E-state index >= 15 is 0 Å². The van der Waals surface area contributed by atoms with E-state index in [1.807, 2.05) is 18.2 Å². The highest BCUT2D eigenvalue weighted by Crippen LogP contribution is 2.30. The third kappa shape index (κ3) is 5.72. The van der Waals surface area contributed by atoms with Gasteiger partial charge in [0.25, 0.3) is 0 Å². The minimum Gasteiger partial charge on any atom is -0.316 e. The molecule has 1 N–H and O–H groups in total. The zero-order chi connectivity index (χ0) is 14.5. The van der Waals surface area contributed by atoms with Gasteiger partial charge in [-0.3, -0.25) is 0 Å². The number of rotatable bonds is 7. The summed E-state index contributed by atoms with van der Waals surface area (Å²) >= 11 is 12.3. The van der Waals surface area contributed by atoms with Crippen LogP contribution in [0.15, 0.2) is 18.2 Å². The standard InChI is InChI=1S/C16H25Cl2N/c1-5-16(4,11-19-10-12(2)3)9-13-8-14(17)6-7-15(13)18/h6-8,12,19H,5,9-11H2,1-4H3. The lowest BCUT2D eigenvalue weighted by Gasteiger charge is -2.29. The Labute approximate surface area is 127 Å². The Hall–Kier alpha value is -0.240. The van der Waals surface area contributed by atoms with Gasteiger partial charge in [0.1, 0.15) is 0 Å². The molecule has 108 valence electrons. The topological polar surface area (TPSA) is 12.0 Å². The minimum atomic E-state index is 0.212. The fourth-order valence-electron chi connectivity index (χ4n) is 2.11. The largest absolute Gasteiger partial charge is 0.316 e. The summed E-state index contributed by atoms with van der Waals surface area (Å²) in [6.07, 6.45) is 2.06.